The molecule has 0 saturated carbocycles. The first kappa shape index (κ1) is 17.2. The Hall–Kier alpha value is -1.85. The number of halogens is 1. The molecule has 0 fully saturated rings. The standard InChI is InChI=1S/C15H19ClN2O3/c1-11(2)10-21-7-6-17-14(19)9-18-15(20)12-4-3-5-13(16)8-12/h3-5,8H,1,6-7,9-10H2,2H3,(H,17,19)(H,18,20). The molecule has 0 bridgehead atoms. The molecule has 0 aliphatic carbocycles. The van der Waals surface area contributed by atoms with Crippen molar-refractivity contribution in [2.75, 3.05) is 26.3 Å². The maximum atomic E-state index is 11.8. The average molecular weight is 311 g/mol. The quantitative estimate of drug-likeness (QED) is 0.568. The lowest BCUT2D eigenvalue weighted by atomic mass is 10.2. The normalized spacial score (nSPS) is 10.0. The molecule has 2 amide bonds. The minimum absolute atomic E-state index is 0.0914. The van der Waals surface area contributed by atoms with Crippen molar-refractivity contribution in [2.45, 2.75) is 6.92 Å². The minimum atomic E-state index is -0.341. The summed E-state index contributed by atoms with van der Waals surface area (Å²) in [7, 11) is 0. The van der Waals surface area contributed by atoms with Crippen LogP contribution in [0.1, 0.15) is 17.3 Å². The van der Waals surface area contributed by atoms with Crippen LogP contribution in [0.25, 0.3) is 0 Å². The molecule has 6 heteroatoms. The zero-order chi connectivity index (χ0) is 15.7. The Bertz CT molecular complexity index is 517. The molecular weight excluding hydrogens is 292 g/mol. The van der Waals surface area contributed by atoms with Gasteiger partial charge in [0.1, 0.15) is 0 Å². The third kappa shape index (κ3) is 7.48. The number of hydrogen-bond donors (Lipinski definition) is 2. The molecule has 2 N–H and O–H groups in total. The third-order valence-corrected chi connectivity index (χ3v) is 2.65. The Kier molecular flexibility index (Phi) is 7.50. The van der Waals surface area contributed by atoms with Crippen molar-refractivity contribution in [3.05, 3.63) is 47.0 Å². The number of hydrogen-bond acceptors (Lipinski definition) is 3. The number of amides is 2. The highest BCUT2D eigenvalue weighted by molar-refractivity contribution is 6.30. The maximum absolute atomic E-state index is 11.8. The van der Waals surface area contributed by atoms with Crippen LogP contribution in [-0.2, 0) is 9.53 Å². The van der Waals surface area contributed by atoms with Gasteiger partial charge in [0, 0.05) is 17.1 Å². The summed E-state index contributed by atoms with van der Waals surface area (Å²) in [6.07, 6.45) is 0. The molecule has 1 aromatic carbocycles. The van der Waals surface area contributed by atoms with Crippen LogP contribution in [0.4, 0.5) is 0 Å². The summed E-state index contributed by atoms with van der Waals surface area (Å²) in [6.45, 7) is 6.74. The highest BCUT2D eigenvalue weighted by Gasteiger charge is 2.07. The largest absolute Gasteiger partial charge is 0.375 e. The molecule has 0 heterocycles. The van der Waals surface area contributed by atoms with E-state index >= 15 is 0 Å². The lowest BCUT2D eigenvalue weighted by molar-refractivity contribution is -0.120. The second-order valence-electron chi connectivity index (χ2n) is 4.55. The zero-order valence-electron chi connectivity index (χ0n) is 11.9. The molecule has 0 aliphatic rings. The average Bonchev–Trinajstić information content (AvgIpc) is 2.44. The van der Waals surface area contributed by atoms with Crippen molar-refractivity contribution < 1.29 is 14.3 Å². The van der Waals surface area contributed by atoms with Crippen LogP contribution < -0.4 is 10.6 Å². The number of rotatable bonds is 8. The van der Waals surface area contributed by atoms with Gasteiger partial charge in [0.2, 0.25) is 5.91 Å². The third-order valence-electron chi connectivity index (χ3n) is 2.41. The second kappa shape index (κ2) is 9.15. The SMILES string of the molecule is C=C(C)COCCNC(=O)CNC(=O)c1cccc(Cl)c1. The fourth-order valence-corrected chi connectivity index (χ4v) is 1.65. The molecule has 21 heavy (non-hydrogen) atoms. The Morgan fingerprint density at radius 3 is 2.76 bits per heavy atom. The second-order valence-corrected chi connectivity index (χ2v) is 4.99. The van der Waals surface area contributed by atoms with Crippen LogP contribution in [-0.4, -0.2) is 38.1 Å². The number of nitrogens with one attached hydrogen (secondary N) is 2. The first-order valence-corrected chi connectivity index (χ1v) is 6.89. The van der Waals surface area contributed by atoms with Gasteiger partial charge in [0.15, 0.2) is 0 Å². The first-order chi connectivity index (χ1) is 9.99. The summed E-state index contributed by atoms with van der Waals surface area (Å²) < 4.78 is 5.24. The predicted octanol–water partition coefficient (Wildman–Crippen LogP) is 1.78. The zero-order valence-corrected chi connectivity index (χ0v) is 12.7. The molecule has 1 aromatic rings. The van der Waals surface area contributed by atoms with Crippen LogP contribution >= 0.6 is 11.6 Å². The minimum Gasteiger partial charge on any atom is -0.375 e. The smallest absolute Gasteiger partial charge is 0.251 e. The highest BCUT2D eigenvalue weighted by atomic mass is 35.5. The summed E-state index contributed by atoms with van der Waals surface area (Å²) in [4.78, 5) is 23.3. The fraction of sp³-hybridized carbons (Fsp3) is 0.333. The van der Waals surface area contributed by atoms with Crippen LogP contribution in [0.3, 0.4) is 0 Å². The van der Waals surface area contributed by atoms with Crippen LogP contribution in [0.15, 0.2) is 36.4 Å². The van der Waals surface area contributed by atoms with Crippen LogP contribution in [0.2, 0.25) is 5.02 Å². The van der Waals surface area contributed by atoms with Crippen molar-refractivity contribution >= 4 is 23.4 Å². The molecule has 0 radical (unpaired) electrons. The Balaban J connectivity index is 2.21. The van der Waals surface area contributed by atoms with Gasteiger partial charge in [-0.05, 0) is 25.1 Å². The molecule has 0 saturated heterocycles. The van der Waals surface area contributed by atoms with Gasteiger partial charge in [-0.25, -0.2) is 0 Å². The van der Waals surface area contributed by atoms with Gasteiger partial charge in [-0.15, -0.1) is 0 Å². The monoisotopic (exact) mass is 310 g/mol. The van der Waals surface area contributed by atoms with E-state index in [2.05, 4.69) is 17.2 Å². The van der Waals surface area contributed by atoms with Gasteiger partial charge in [-0.3, -0.25) is 9.59 Å². The van der Waals surface area contributed by atoms with Crippen LogP contribution in [0.5, 0.6) is 0 Å². The van der Waals surface area contributed by atoms with Gasteiger partial charge in [0.25, 0.3) is 5.91 Å². The topological polar surface area (TPSA) is 67.4 Å². The van der Waals surface area contributed by atoms with E-state index in [1.807, 2.05) is 6.92 Å². The van der Waals surface area contributed by atoms with Gasteiger partial charge in [-0.1, -0.05) is 29.8 Å². The summed E-state index contributed by atoms with van der Waals surface area (Å²) in [5.74, 6) is -0.615. The van der Waals surface area contributed by atoms with E-state index in [0.29, 0.717) is 30.3 Å². The number of carbonyl (C=O) groups excluding carboxylic acids is 2. The Morgan fingerprint density at radius 1 is 1.33 bits per heavy atom. The van der Waals surface area contributed by atoms with E-state index in [4.69, 9.17) is 16.3 Å². The first-order valence-electron chi connectivity index (χ1n) is 6.51. The van der Waals surface area contributed by atoms with E-state index in [9.17, 15) is 9.59 Å². The Morgan fingerprint density at radius 2 is 2.10 bits per heavy atom. The van der Waals surface area contributed by atoms with E-state index < -0.39 is 0 Å². The lowest BCUT2D eigenvalue weighted by Gasteiger charge is -2.08. The van der Waals surface area contributed by atoms with Crippen molar-refractivity contribution in [3.8, 4) is 0 Å². The molecule has 0 aliphatic heterocycles. The van der Waals surface area contributed by atoms with Gasteiger partial charge >= 0.3 is 0 Å². The van der Waals surface area contributed by atoms with E-state index in [1.165, 1.54) is 0 Å². The summed E-state index contributed by atoms with van der Waals surface area (Å²) in [5, 5.41) is 5.63. The number of benzene rings is 1. The number of ether oxygens (including phenoxy) is 1. The van der Waals surface area contributed by atoms with E-state index in [-0.39, 0.29) is 18.4 Å². The summed E-state index contributed by atoms with van der Waals surface area (Å²) in [6, 6.07) is 6.52. The van der Waals surface area contributed by atoms with Gasteiger partial charge in [-0.2, -0.15) is 0 Å². The molecule has 1 rings (SSSR count). The molecular formula is C15H19ClN2O3. The summed E-state index contributed by atoms with van der Waals surface area (Å²) >= 11 is 5.79. The molecule has 0 aromatic heterocycles. The lowest BCUT2D eigenvalue weighted by Crippen LogP contribution is -2.38. The fourth-order valence-electron chi connectivity index (χ4n) is 1.46. The molecule has 114 valence electrons. The predicted molar refractivity (Wildman–Crippen MR) is 82.4 cm³/mol. The van der Waals surface area contributed by atoms with Gasteiger partial charge in [0.05, 0.1) is 19.8 Å². The summed E-state index contributed by atoms with van der Waals surface area (Å²) in [5.41, 5.74) is 1.34. The van der Waals surface area contributed by atoms with E-state index in [1.54, 1.807) is 24.3 Å². The number of carbonyl (C=O) groups is 2. The molecule has 5 nitrogen and oxygen atoms in total. The Labute approximate surface area is 129 Å². The van der Waals surface area contributed by atoms with Crippen molar-refractivity contribution in [1.82, 2.24) is 10.6 Å². The van der Waals surface area contributed by atoms with Crippen molar-refractivity contribution in [2.24, 2.45) is 0 Å². The highest BCUT2D eigenvalue weighted by Crippen LogP contribution is 2.10. The van der Waals surface area contributed by atoms with Crippen molar-refractivity contribution in [1.29, 1.82) is 0 Å². The van der Waals surface area contributed by atoms with Gasteiger partial charge < -0.3 is 15.4 Å². The maximum Gasteiger partial charge on any atom is 0.251 e. The van der Waals surface area contributed by atoms with Crippen LogP contribution in [0, 0.1) is 0 Å². The molecule has 0 unspecified atom stereocenters. The van der Waals surface area contributed by atoms with E-state index in [0.717, 1.165) is 5.57 Å². The van der Waals surface area contributed by atoms with Crippen molar-refractivity contribution in [3.63, 3.8) is 0 Å². The molecule has 0 atom stereocenters. The molecule has 0 spiro atoms.